The lowest BCUT2D eigenvalue weighted by atomic mass is 10.0. The number of rotatable bonds is 3. The molecule has 0 aromatic heterocycles. The summed E-state index contributed by atoms with van der Waals surface area (Å²) in [5.41, 5.74) is 2.55. The van der Waals surface area contributed by atoms with Crippen LogP contribution in [0.5, 0.6) is 5.75 Å². The van der Waals surface area contributed by atoms with E-state index in [0.717, 1.165) is 50.5 Å². The highest BCUT2D eigenvalue weighted by molar-refractivity contribution is 5.75. The molecule has 0 bridgehead atoms. The van der Waals surface area contributed by atoms with Crippen molar-refractivity contribution in [2.75, 3.05) is 33.4 Å². The molecule has 0 spiro atoms. The molecule has 1 saturated carbocycles. The van der Waals surface area contributed by atoms with E-state index >= 15 is 0 Å². The van der Waals surface area contributed by atoms with E-state index in [1.807, 2.05) is 23.1 Å². The van der Waals surface area contributed by atoms with Gasteiger partial charge >= 0.3 is 6.03 Å². The van der Waals surface area contributed by atoms with Crippen LogP contribution in [0.15, 0.2) is 29.8 Å². The summed E-state index contributed by atoms with van der Waals surface area (Å²) >= 11 is 0. The van der Waals surface area contributed by atoms with Crippen LogP contribution in [-0.4, -0.2) is 50.4 Å². The standard InChI is InChI=1S/C19H24N2O3/c1-23-15-4-2-3-14(10-15)9-13-5-7-21(8-6-13)19(22)20-18-16-11-24-12-17(16)18/h2-4,9-10,16-18H,5-8,11-12H2,1H3,(H,20,22)/t16-,17+,18?. The van der Waals surface area contributed by atoms with Gasteiger partial charge in [-0.05, 0) is 30.5 Å². The second-order valence-corrected chi connectivity index (χ2v) is 6.91. The predicted octanol–water partition coefficient (Wildman–Crippen LogP) is 2.53. The molecule has 1 unspecified atom stereocenters. The fourth-order valence-electron chi connectivity index (χ4n) is 3.80. The Morgan fingerprint density at radius 1 is 1.29 bits per heavy atom. The Morgan fingerprint density at radius 2 is 2.04 bits per heavy atom. The molecular weight excluding hydrogens is 304 g/mol. The summed E-state index contributed by atoms with van der Waals surface area (Å²) in [6.45, 7) is 3.20. The fourth-order valence-corrected chi connectivity index (χ4v) is 3.80. The third-order valence-electron chi connectivity index (χ3n) is 5.40. The number of nitrogens with one attached hydrogen (secondary N) is 1. The lowest BCUT2D eigenvalue weighted by molar-refractivity contribution is 0.152. The first-order valence-corrected chi connectivity index (χ1v) is 8.71. The predicted molar refractivity (Wildman–Crippen MR) is 91.9 cm³/mol. The van der Waals surface area contributed by atoms with E-state index < -0.39 is 0 Å². The third-order valence-corrected chi connectivity index (χ3v) is 5.40. The minimum absolute atomic E-state index is 0.0924. The molecule has 3 fully saturated rings. The normalized spacial score (nSPS) is 28.3. The van der Waals surface area contributed by atoms with Crippen molar-refractivity contribution in [2.24, 2.45) is 11.8 Å². The number of benzene rings is 1. The summed E-state index contributed by atoms with van der Waals surface area (Å²) in [7, 11) is 1.68. The van der Waals surface area contributed by atoms with E-state index in [1.165, 1.54) is 5.57 Å². The Balaban J connectivity index is 1.29. The average Bonchev–Trinajstić information content (AvgIpc) is 3.04. The average molecular weight is 328 g/mol. The minimum atomic E-state index is 0.0924. The molecule has 3 aliphatic rings. The van der Waals surface area contributed by atoms with Crippen molar-refractivity contribution < 1.29 is 14.3 Å². The highest BCUT2D eigenvalue weighted by Gasteiger charge is 2.55. The van der Waals surface area contributed by atoms with Crippen molar-refractivity contribution in [3.63, 3.8) is 0 Å². The summed E-state index contributed by atoms with van der Waals surface area (Å²) in [4.78, 5) is 14.3. The zero-order chi connectivity index (χ0) is 16.5. The third kappa shape index (κ3) is 3.13. The molecule has 2 saturated heterocycles. The fraction of sp³-hybridized carbons (Fsp3) is 0.526. The number of urea groups is 1. The summed E-state index contributed by atoms with van der Waals surface area (Å²) in [5.74, 6) is 1.99. The number of amides is 2. The zero-order valence-electron chi connectivity index (χ0n) is 14.0. The summed E-state index contributed by atoms with van der Waals surface area (Å²) < 4.78 is 10.6. The van der Waals surface area contributed by atoms with Crippen molar-refractivity contribution in [1.29, 1.82) is 0 Å². The smallest absolute Gasteiger partial charge is 0.317 e. The monoisotopic (exact) mass is 328 g/mol. The number of methoxy groups -OCH3 is 1. The first-order valence-electron chi connectivity index (χ1n) is 8.71. The number of hydrogen-bond acceptors (Lipinski definition) is 3. The van der Waals surface area contributed by atoms with Crippen LogP contribution < -0.4 is 10.1 Å². The zero-order valence-corrected chi connectivity index (χ0v) is 14.0. The molecule has 1 N–H and O–H groups in total. The summed E-state index contributed by atoms with van der Waals surface area (Å²) in [6, 6.07) is 8.52. The second-order valence-electron chi connectivity index (χ2n) is 6.91. The van der Waals surface area contributed by atoms with E-state index in [-0.39, 0.29) is 6.03 Å². The van der Waals surface area contributed by atoms with Crippen LogP contribution in [0.4, 0.5) is 4.79 Å². The van der Waals surface area contributed by atoms with Crippen LogP contribution in [0.25, 0.3) is 6.08 Å². The van der Waals surface area contributed by atoms with Gasteiger partial charge in [0.1, 0.15) is 5.75 Å². The van der Waals surface area contributed by atoms with Crippen LogP contribution in [-0.2, 0) is 4.74 Å². The van der Waals surface area contributed by atoms with E-state index in [1.54, 1.807) is 7.11 Å². The Kier molecular flexibility index (Phi) is 4.19. The number of ether oxygens (including phenoxy) is 2. The Labute approximate surface area is 142 Å². The van der Waals surface area contributed by atoms with Gasteiger partial charge in [-0.3, -0.25) is 0 Å². The van der Waals surface area contributed by atoms with Gasteiger partial charge in [0.2, 0.25) is 0 Å². The maximum absolute atomic E-state index is 12.4. The molecule has 128 valence electrons. The second kappa shape index (κ2) is 6.48. The van der Waals surface area contributed by atoms with Crippen molar-refractivity contribution in [2.45, 2.75) is 18.9 Å². The number of hydrogen-bond donors (Lipinski definition) is 1. The first kappa shape index (κ1) is 15.5. The number of piperidine rings is 1. The first-order chi connectivity index (χ1) is 11.7. The van der Waals surface area contributed by atoms with Crippen LogP contribution >= 0.6 is 0 Å². The van der Waals surface area contributed by atoms with Gasteiger partial charge in [-0.1, -0.05) is 23.8 Å². The van der Waals surface area contributed by atoms with E-state index in [0.29, 0.717) is 17.9 Å². The molecule has 2 amide bonds. The van der Waals surface area contributed by atoms with Gasteiger partial charge in [-0.15, -0.1) is 0 Å². The lowest BCUT2D eigenvalue weighted by Crippen LogP contribution is -2.45. The highest BCUT2D eigenvalue weighted by atomic mass is 16.5. The van der Waals surface area contributed by atoms with Crippen molar-refractivity contribution in [3.05, 3.63) is 35.4 Å². The lowest BCUT2D eigenvalue weighted by Gasteiger charge is -2.29. The Morgan fingerprint density at radius 3 is 2.75 bits per heavy atom. The Bertz CT molecular complexity index is 638. The van der Waals surface area contributed by atoms with Gasteiger partial charge in [0, 0.05) is 31.0 Å². The molecule has 0 radical (unpaired) electrons. The van der Waals surface area contributed by atoms with Gasteiger partial charge in [-0.2, -0.15) is 0 Å². The summed E-state index contributed by atoms with van der Waals surface area (Å²) in [5, 5.41) is 3.18. The number of carbonyl (C=O) groups excluding carboxylic acids is 1. The topological polar surface area (TPSA) is 50.8 Å². The number of nitrogens with zero attached hydrogens (tertiary/aromatic N) is 1. The molecular formula is C19H24N2O3. The Hall–Kier alpha value is -2.01. The van der Waals surface area contributed by atoms with Gasteiger partial charge in [0.05, 0.1) is 20.3 Å². The maximum Gasteiger partial charge on any atom is 0.317 e. The number of likely N-dealkylation sites (tertiary alicyclic amines) is 1. The molecule has 2 aliphatic heterocycles. The van der Waals surface area contributed by atoms with Crippen LogP contribution in [0.1, 0.15) is 18.4 Å². The SMILES string of the molecule is COc1cccc(C=C2CCN(C(=O)NC3[C@H]4COC[C@@H]34)CC2)c1. The molecule has 1 aliphatic carbocycles. The van der Waals surface area contributed by atoms with E-state index in [4.69, 9.17) is 9.47 Å². The largest absolute Gasteiger partial charge is 0.497 e. The van der Waals surface area contributed by atoms with Gasteiger partial charge in [0.25, 0.3) is 0 Å². The van der Waals surface area contributed by atoms with Gasteiger partial charge in [-0.25, -0.2) is 4.79 Å². The maximum atomic E-state index is 12.4. The van der Waals surface area contributed by atoms with Gasteiger partial charge in [0.15, 0.2) is 0 Å². The quantitative estimate of drug-likeness (QED) is 0.928. The van der Waals surface area contributed by atoms with Crippen LogP contribution in [0.3, 0.4) is 0 Å². The molecule has 24 heavy (non-hydrogen) atoms. The molecule has 1 aromatic carbocycles. The van der Waals surface area contributed by atoms with Crippen molar-refractivity contribution >= 4 is 12.1 Å². The minimum Gasteiger partial charge on any atom is -0.497 e. The molecule has 5 nitrogen and oxygen atoms in total. The number of fused-ring (bicyclic) bond motifs is 1. The molecule has 4 rings (SSSR count). The molecule has 1 aromatic rings. The van der Waals surface area contributed by atoms with Crippen LogP contribution in [0.2, 0.25) is 0 Å². The van der Waals surface area contributed by atoms with Gasteiger partial charge < -0.3 is 19.7 Å². The van der Waals surface area contributed by atoms with E-state index in [2.05, 4.69) is 17.5 Å². The van der Waals surface area contributed by atoms with E-state index in [9.17, 15) is 4.79 Å². The molecule has 3 atom stereocenters. The van der Waals surface area contributed by atoms with Crippen molar-refractivity contribution in [1.82, 2.24) is 10.2 Å². The summed E-state index contributed by atoms with van der Waals surface area (Å²) in [6.07, 6.45) is 4.09. The molecule has 2 heterocycles. The van der Waals surface area contributed by atoms with Crippen molar-refractivity contribution in [3.8, 4) is 5.75 Å². The number of carbonyl (C=O) groups is 1. The van der Waals surface area contributed by atoms with Crippen LogP contribution in [0, 0.1) is 11.8 Å². The molecule has 5 heteroatoms. The highest BCUT2D eigenvalue weighted by Crippen LogP contribution is 2.44.